The van der Waals surface area contributed by atoms with Gasteiger partial charge in [-0.2, -0.15) is 11.8 Å². The van der Waals surface area contributed by atoms with E-state index in [-0.39, 0.29) is 0 Å². The molecule has 2 nitrogen and oxygen atoms in total. The van der Waals surface area contributed by atoms with E-state index in [1.165, 1.54) is 63.4 Å². The van der Waals surface area contributed by atoms with Gasteiger partial charge < -0.3 is 10.2 Å². The van der Waals surface area contributed by atoms with Crippen molar-refractivity contribution < 1.29 is 0 Å². The molecule has 0 aliphatic carbocycles. The number of rotatable bonds is 4. The highest BCUT2D eigenvalue weighted by Gasteiger charge is 2.15. The standard InChI is InChI=1S/C11H22N2S/c1-2-6-13(7-3-1)8-5-12-11-4-9-14-10-11/h11-12H,1-10H2/t11-/m0/s1. The smallest absolute Gasteiger partial charge is 0.0166 e. The summed E-state index contributed by atoms with van der Waals surface area (Å²) in [5.74, 6) is 2.70. The minimum absolute atomic E-state index is 0.810. The number of likely N-dealkylation sites (tertiary alicyclic amines) is 1. The number of hydrogen-bond acceptors (Lipinski definition) is 3. The molecule has 2 aliphatic heterocycles. The Labute approximate surface area is 91.8 Å². The Bertz CT molecular complexity index is 151. The summed E-state index contributed by atoms with van der Waals surface area (Å²) in [6.45, 7) is 5.13. The maximum Gasteiger partial charge on any atom is 0.0166 e. The van der Waals surface area contributed by atoms with Gasteiger partial charge in [-0.25, -0.2) is 0 Å². The lowest BCUT2D eigenvalue weighted by Gasteiger charge is -2.26. The molecule has 0 aromatic heterocycles. The van der Waals surface area contributed by atoms with Gasteiger partial charge >= 0.3 is 0 Å². The fourth-order valence-electron chi connectivity index (χ4n) is 2.31. The summed E-state index contributed by atoms with van der Waals surface area (Å²) in [5.41, 5.74) is 0. The predicted molar refractivity (Wildman–Crippen MR) is 64.0 cm³/mol. The second-order valence-electron chi connectivity index (χ2n) is 4.42. The first kappa shape index (κ1) is 10.8. The molecule has 1 N–H and O–H groups in total. The minimum Gasteiger partial charge on any atom is -0.312 e. The zero-order valence-electron chi connectivity index (χ0n) is 9.00. The Hall–Kier alpha value is 0.270. The third-order valence-electron chi connectivity index (χ3n) is 3.24. The van der Waals surface area contributed by atoms with Gasteiger partial charge in [-0.1, -0.05) is 6.42 Å². The Balaban J connectivity index is 1.52. The van der Waals surface area contributed by atoms with Crippen molar-refractivity contribution >= 4 is 11.8 Å². The van der Waals surface area contributed by atoms with E-state index < -0.39 is 0 Å². The van der Waals surface area contributed by atoms with Crippen molar-refractivity contribution in [3.63, 3.8) is 0 Å². The normalized spacial score (nSPS) is 29.6. The Morgan fingerprint density at radius 3 is 2.79 bits per heavy atom. The second kappa shape index (κ2) is 5.99. The molecule has 1 atom stereocenters. The van der Waals surface area contributed by atoms with Crippen molar-refractivity contribution in [2.75, 3.05) is 37.7 Å². The van der Waals surface area contributed by atoms with Crippen LogP contribution < -0.4 is 5.32 Å². The first-order valence-corrected chi connectivity index (χ1v) is 7.14. The highest BCUT2D eigenvalue weighted by Crippen LogP contribution is 2.16. The van der Waals surface area contributed by atoms with Crippen LogP contribution in [0.3, 0.4) is 0 Å². The lowest BCUT2D eigenvalue weighted by atomic mass is 10.1. The molecule has 2 fully saturated rings. The van der Waals surface area contributed by atoms with E-state index in [1.807, 2.05) is 0 Å². The van der Waals surface area contributed by atoms with E-state index in [2.05, 4.69) is 22.0 Å². The molecule has 82 valence electrons. The molecule has 0 unspecified atom stereocenters. The zero-order chi connectivity index (χ0) is 9.64. The predicted octanol–water partition coefficient (Wildman–Crippen LogP) is 1.57. The Kier molecular flexibility index (Phi) is 4.61. The molecule has 2 aliphatic rings. The molecule has 2 rings (SSSR count). The lowest BCUT2D eigenvalue weighted by Crippen LogP contribution is -2.39. The highest BCUT2D eigenvalue weighted by atomic mass is 32.2. The average Bonchev–Trinajstić information content (AvgIpc) is 2.72. The molecule has 0 saturated carbocycles. The first-order valence-electron chi connectivity index (χ1n) is 5.98. The fraction of sp³-hybridized carbons (Fsp3) is 1.00. The summed E-state index contributed by atoms with van der Waals surface area (Å²) in [6.07, 6.45) is 5.66. The van der Waals surface area contributed by atoms with Crippen molar-refractivity contribution in [1.29, 1.82) is 0 Å². The number of hydrogen-bond donors (Lipinski definition) is 1. The number of nitrogens with one attached hydrogen (secondary N) is 1. The Morgan fingerprint density at radius 1 is 1.21 bits per heavy atom. The van der Waals surface area contributed by atoms with Crippen LogP contribution in [0.2, 0.25) is 0 Å². The van der Waals surface area contributed by atoms with Gasteiger partial charge in [-0.05, 0) is 38.1 Å². The van der Waals surface area contributed by atoms with E-state index >= 15 is 0 Å². The molecule has 0 radical (unpaired) electrons. The van der Waals surface area contributed by atoms with E-state index in [9.17, 15) is 0 Å². The molecule has 14 heavy (non-hydrogen) atoms. The second-order valence-corrected chi connectivity index (χ2v) is 5.57. The van der Waals surface area contributed by atoms with Gasteiger partial charge in [0.25, 0.3) is 0 Å². The van der Waals surface area contributed by atoms with E-state index in [4.69, 9.17) is 0 Å². The molecule has 3 heteroatoms. The minimum atomic E-state index is 0.810. The monoisotopic (exact) mass is 214 g/mol. The molecule has 0 amide bonds. The molecular formula is C11H22N2S. The van der Waals surface area contributed by atoms with Crippen molar-refractivity contribution in [3.8, 4) is 0 Å². The van der Waals surface area contributed by atoms with Crippen LogP contribution in [-0.4, -0.2) is 48.6 Å². The fourth-order valence-corrected chi connectivity index (χ4v) is 3.49. The quantitative estimate of drug-likeness (QED) is 0.765. The van der Waals surface area contributed by atoms with Gasteiger partial charge in [-0.3, -0.25) is 0 Å². The summed E-state index contributed by atoms with van der Waals surface area (Å²) in [4.78, 5) is 2.61. The zero-order valence-corrected chi connectivity index (χ0v) is 9.82. The van der Waals surface area contributed by atoms with Gasteiger partial charge in [0.1, 0.15) is 0 Å². The van der Waals surface area contributed by atoms with Gasteiger partial charge in [0.2, 0.25) is 0 Å². The van der Waals surface area contributed by atoms with Crippen LogP contribution in [0, 0.1) is 0 Å². The molecule has 2 heterocycles. The largest absolute Gasteiger partial charge is 0.312 e. The Morgan fingerprint density at radius 2 is 2.07 bits per heavy atom. The number of piperidine rings is 1. The topological polar surface area (TPSA) is 15.3 Å². The summed E-state index contributed by atoms with van der Waals surface area (Å²) in [6, 6.07) is 0.810. The molecule has 0 bridgehead atoms. The van der Waals surface area contributed by atoms with Crippen LogP contribution in [0.4, 0.5) is 0 Å². The third kappa shape index (κ3) is 3.44. The maximum atomic E-state index is 3.67. The van der Waals surface area contributed by atoms with Crippen LogP contribution in [0.15, 0.2) is 0 Å². The lowest BCUT2D eigenvalue weighted by molar-refractivity contribution is 0.227. The summed E-state index contributed by atoms with van der Waals surface area (Å²) >= 11 is 2.09. The van der Waals surface area contributed by atoms with Gasteiger partial charge in [0.15, 0.2) is 0 Å². The third-order valence-corrected chi connectivity index (χ3v) is 4.40. The van der Waals surface area contributed by atoms with E-state index in [0.29, 0.717) is 0 Å². The molecule has 0 aromatic carbocycles. The SMILES string of the molecule is C1CCN(CCN[C@H]2CCSC2)CC1. The van der Waals surface area contributed by atoms with Gasteiger partial charge in [-0.15, -0.1) is 0 Å². The summed E-state index contributed by atoms with van der Waals surface area (Å²) < 4.78 is 0. The van der Waals surface area contributed by atoms with Gasteiger partial charge in [0.05, 0.1) is 0 Å². The molecular weight excluding hydrogens is 192 g/mol. The average molecular weight is 214 g/mol. The van der Waals surface area contributed by atoms with Crippen LogP contribution in [0.25, 0.3) is 0 Å². The summed E-state index contributed by atoms with van der Waals surface area (Å²) in [5, 5.41) is 3.67. The van der Waals surface area contributed by atoms with Crippen LogP contribution in [0.1, 0.15) is 25.7 Å². The van der Waals surface area contributed by atoms with Crippen LogP contribution >= 0.6 is 11.8 Å². The van der Waals surface area contributed by atoms with Crippen molar-refractivity contribution in [3.05, 3.63) is 0 Å². The number of nitrogens with zero attached hydrogens (tertiary/aromatic N) is 1. The molecule has 0 aromatic rings. The van der Waals surface area contributed by atoms with Crippen molar-refractivity contribution in [2.24, 2.45) is 0 Å². The highest BCUT2D eigenvalue weighted by molar-refractivity contribution is 7.99. The summed E-state index contributed by atoms with van der Waals surface area (Å²) in [7, 11) is 0. The maximum absolute atomic E-state index is 3.67. The van der Waals surface area contributed by atoms with E-state index in [0.717, 1.165) is 6.04 Å². The first-order chi connectivity index (χ1) is 6.95. The van der Waals surface area contributed by atoms with E-state index in [1.54, 1.807) is 0 Å². The molecule has 0 spiro atoms. The van der Waals surface area contributed by atoms with Crippen molar-refractivity contribution in [2.45, 2.75) is 31.7 Å². The van der Waals surface area contributed by atoms with Gasteiger partial charge in [0, 0.05) is 24.9 Å². The van der Waals surface area contributed by atoms with Crippen LogP contribution in [0.5, 0.6) is 0 Å². The molecule has 2 saturated heterocycles. The van der Waals surface area contributed by atoms with Crippen LogP contribution in [-0.2, 0) is 0 Å². The number of thioether (sulfide) groups is 1. The van der Waals surface area contributed by atoms with Crippen molar-refractivity contribution in [1.82, 2.24) is 10.2 Å².